The summed E-state index contributed by atoms with van der Waals surface area (Å²) in [7, 11) is 0. The van der Waals surface area contributed by atoms with Gasteiger partial charge in [-0.15, -0.1) is 0 Å². The SMILES string of the molecule is CCCCc1c(F)c(F)c(COCCC)c(F)c1F. The smallest absolute Gasteiger partial charge is 0.167 e. The number of hydrogen-bond acceptors (Lipinski definition) is 1. The van der Waals surface area contributed by atoms with Gasteiger partial charge in [-0.3, -0.25) is 0 Å². The molecule has 0 aliphatic carbocycles. The minimum absolute atomic E-state index is 0.0158. The Morgan fingerprint density at radius 3 is 1.79 bits per heavy atom. The zero-order valence-corrected chi connectivity index (χ0v) is 11.2. The van der Waals surface area contributed by atoms with E-state index in [9.17, 15) is 17.6 Å². The molecule has 0 fully saturated rings. The lowest BCUT2D eigenvalue weighted by atomic mass is 10.0. The highest BCUT2D eigenvalue weighted by Crippen LogP contribution is 2.26. The van der Waals surface area contributed by atoms with Crippen LogP contribution in [-0.2, 0) is 17.8 Å². The lowest BCUT2D eigenvalue weighted by Crippen LogP contribution is -2.10. The lowest BCUT2D eigenvalue weighted by molar-refractivity contribution is 0.115. The third kappa shape index (κ3) is 3.69. The molecule has 1 aromatic rings. The van der Waals surface area contributed by atoms with Crippen molar-refractivity contribution < 1.29 is 22.3 Å². The number of halogens is 4. The number of unbranched alkanes of at least 4 members (excludes halogenated alkanes) is 1. The Bertz CT molecular complexity index is 403. The fraction of sp³-hybridized carbons (Fsp3) is 0.571. The van der Waals surface area contributed by atoms with Crippen molar-refractivity contribution in [1.29, 1.82) is 0 Å². The second kappa shape index (κ2) is 7.48. The van der Waals surface area contributed by atoms with Crippen molar-refractivity contribution in [1.82, 2.24) is 0 Å². The van der Waals surface area contributed by atoms with E-state index in [0.29, 0.717) is 19.3 Å². The van der Waals surface area contributed by atoms with Crippen LogP contribution >= 0.6 is 0 Å². The average Bonchev–Trinajstić information content (AvgIpc) is 2.40. The minimum Gasteiger partial charge on any atom is -0.377 e. The fourth-order valence-corrected chi connectivity index (χ4v) is 1.74. The van der Waals surface area contributed by atoms with E-state index in [0.717, 1.165) is 0 Å². The molecule has 0 N–H and O–H groups in total. The Balaban J connectivity index is 3.08. The fourth-order valence-electron chi connectivity index (χ4n) is 1.74. The first kappa shape index (κ1) is 16.0. The first-order valence-electron chi connectivity index (χ1n) is 6.45. The zero-order valence-electron chi connectivity index (χ0n) is 11.2. The molecule has 0 amide bonds. The van der Waals surface area contributed by atoms with Crippen LogP contribution in [0.5, 0.6) is 0 Å². The Kier molecular flexibility index (Phi) is 6.28. The molecule has 5 heteroatoms. The van der Waals surface area contributed by atoms with Gasteiger partial charge < -0.3 is 4.74 Å². The largest absolute Gasteiger partial charge is 0.377 e. The van der Waals surface area contributed by atoms with Gasteiger partial charge in [0.15, 0.2) is 23.3 Å². The van der Waals surface area contributed by atoms with Crippen LogP contribution in [0.25, 0.3) is 0 Å². The maximum atomic E-state index is 13.7. The Morgan fingerprint density at radius 2 is 1.32 bits per heavy atom. The average molecular weight is 278 g/mol. The predicted octanol–water partition coefficient (Wildman–Crippen LogP) is 4.51. The zero-order chi connectivity index (χ0) is 14.4. The summed E-state index contributed by atoms with van der Waals surface area (Å²) in [6, 6.07) is 0. The molecule has 0 aliphatic heterocycles. The third-order valence-corrected chi connectivity index (χ3v) is 2.82. The van der Waals surface area contributed by atoms with E-state index in [1.54, 1.807) is 0 Å². The van der Waals surface area contributed by atoms with Crippen molar-refractivity contribution >= 4 is 0 Å². The molecule has 1 nitrogen and oxygen atoms in total. The number of rotatable bonds is 7. The molecule has 1 aromatic carbocycles. The molecule has 0 saturated heterocycles. The van der Waals surface area contributed by atoms with Crippen LogP contribution in [0.4, 0.5) is 17.6 Å². The van der Waals surface area contributed by atoms with E-state index in [4.69, 9.17) is 4.74 Å². The molecule has 0 radical (unpaired) electrons. The topological polar surface area (TPSA) is 9.23 Å². The molecular formula is C14H18F4O. The van der Waals surface area contributed by atoms with Gasteiger partial charge in [-0.1, -0.05) is 20.3 Å². The predicted molar refractivity (Wildman–Crippen MR) is 64.8 cm³/mol. The Hall–Kier alpha value is -1.10. The number of benzene rings is 1. The molecule has 1 rings (SSSR count). The van der Waals surface area contributed by atoms with Crippen molar-refractivity contribution in [2.75, 3.05) is 6.61 Å². The van der Waals surface area contributed by atoms with Gasteiger partial charge in [-0.2, -0.15) is 0 Å². The minimum atomic E-state index is -1.35. The molecule has 0 saturated carbocycles. The summed E-state index contributed by atoms with van der Waals surface area (Å²) in [5.74, 6) is -5.30. The first-order valence-corrected chi connectivity index (χ1v) is 6.45. The van der Waals surface area contributed by atoms with Gasteiger partial charge in [0, 0.05) is 12.2 Å². The van der Waals surface area contributed by atoms with Crippen molar-refractivity contribution in [2.45, 2.75) is 46.1 Å². The van der Waals surface area contributed by atoms with Crippen molar-refractivity contribution in [3.8, 4) is 0 Å². The van der Waals surface area contributed by atoms with Crippen LogP contribution in [-0.4, -0.2) is 6.61 Å². The summed E-state index contributed by atoms with van der Waals surface area (Å²) in [5, 5.41) is 0. The van der Waals surface area contributed by atoms with Gasteiger partial charge >= 0.3 is 0 Å². The second-order valence-electron chi connectivity index (χ2n) is 4.37. The summed E-state index contributed by atoms with van der Waals surface area (Å²) in [6.07, 6.45) is 1.79. The summed E-state index contributed by atoms with van der Waals surface area (Å²) in [6.45, 7) is 3.46. The molecule has 0 bridgehead atoms. The standard InChI is InChI=1S/C14H18F4O/c1-3-5-6-9-11(15)13(17)10(8-19-7-4-2)14(18)12(9)16/h3-8H2,1-2H3. The van der Waals surface area contributed by atoms with Crippen LogP contribution in [0.3, 0.4) is 0 Å². The monoisotopic (exact) mass is 278 g/mol. The van der Waals surface area contributed by atoms with E-state index in [1.165, 1.54) is 0 Å². The molecule has 0 spiro atoms. The first-order chi connectivity index (χ1) is 9.04. The molecule has 0 atom stereocenters. The summed E-state index contributed by atoms with van der Waals surface area (Å²) < 4.78 is 59.7. The van der Waals surface area contributed by atoms with Crippen LogP contribution in [0.15, 0.2) is 0 Å². The van der Waals surface area contributed by atoms with Gasteiger partial charge in [0.05, 0.1) is 12.2 Å². The summed E-state index contributed by atoms with van der Waals surface area (Å²) in [5.41, 5.74) is -1.19. The maximum absolute atomic E-state index is 13.7. The van der Waals surface area contributed by atoms with Crippen molar-refractivity contribution in [3.63, 3.8) is 0 Å². The van der Waals surface area contributed by atoms with Gasteiger partial charge in [0.1, 0.15) is 0 Å². The Morgan fingerprint density at radius 1 is 0.789 bits per heavy atom. The van der Waals surface area contributed by atoms with Crippen LogP contribution < -0.4 is 0 Å². The van der Waals surface area contributed by atoms with Crippen LogP contribution in [0.2, 0.25) is 0 Å². The molecular weight excluding hydrogens is 260 g/mol. The molecule has 0 aromatic heterocycles. The highest BCUT2D eigenvalue weighted by Gasteiger charge is 2.24. The van der Waals surface area contributed by atoms with Crippen LogP contribution in [0, 0.1) is 23.3 Å². The Labute approximate surface area is 110 Å². The van der Waals surface area contributed by atoms with E-state index in [-0.39, 0.29) is 13.0 Å². The lowest BCUT2D eigenvalue weighted by Gasteiger charge is -2.12. The van der Waals surface area contributed by atoms with E-state index >= 15 is 0 Å². The normalized spacial score (nSPS) is 11.1. The maximum Gasteiger partial charge on any atom is 0.167 e. The van der Waals surface area contributed by atoms with E-state index in [1.807, 2.05) is 13.8 Å². The second-order valence-corrected chi connectivity index (χ2v) is 4.37. The summed E-state index contributed by atoms with van der Waals surface area (Å²) in [4.78, 5) is 0. The van der Waals surface area contributed by atoms with Crippen molar-refractivity contribution in [3.05, 3.63) is 34.4 Å². The van der Waals surface area contributed by atoms with Gasteiger partial charge in [-0.05, 0) is 19.3 Å². The van der Waals surface area contributed by atoms with E-state index < -0.39 is 41.0 Å². The number of ether oxygens (including phenoxy) is 1. The molecule has 108 valence electrons. The van der Waals surface area contributed by atoms with Gasteiger partial charge in [0.2, 0.25) is 0 Å². The third-order valence-electron chi connectivity index (χ3n) is 2.82. The molecule has 0 aliphatic rings. The van der Waals surface area contributed by atoms with Crippen molar-refractivity contribution in [2.24, 2.45) is 0 Å². The summed E-state index contributed by atoms with van der Waals surface area (Å²) >= 11 is 0. The van der Waals surface area contributed by atoms with Gasteiger partial charge in [-0.25, -0.2) is 17.6 Å². The number of hydrogen-bond donors (Lipinski definition) is 0. The van der Waals surface area contributed by atoms with E-state index in [2.05, 4.69) is 0 Å². The quantitative estimate of drug-likeness (QED) is 0.405. The van der Waals surface area contributed by atoms with Gasteiger partial charge in [0.25, 0.3) is 0 Å². The molecule has 19 heavy (non-hydrogen) atoms. The highest BCUT2D eigenvalue weighted by atomic mass is 19.2. The molecule has 0 heterocycles. The molecule has 0 unspecified atom stereocenters. The highest BCUT2D eigenvalue weighted by molar-refractivity contribution is 5.29. The van der Waals surface area contributed by atoms with Crippen LogP contribution in [0.1, 0.15) is 44.2 Å².